The van der Waals surface area contributed by atoms with Crippen molar-refractivity contribution in [3.05, 3.63) is 98.8 Å². The molecule has 0 radical (unpaired) electrons. The van der Waals surface area contributed by atoms with Gasteiger partial charge in [0.2, 0.25) is 0 Å². The van der Waals surface area contributed by atoms with E-state index in [1.54, 1.807) is 12.1 Å². The summed E-state index contributed by atoms with van der Waals surface area (Å²) in [5, 5.41) is 5.33. The molecule has 1 N–H and O–H groups in total. The average molecular weight is 504 g/mol. The van der Waals surface area contributed by atoms with Gasteiger partial charge in [0.25, 0.3) is 5.91 Å². The number of fused-ring (bicyclic) bond motifs is 1. The monoisotopic (exact) mass is 503 g/mol. The van der Waals surface area contributed by atoms with E-state index in [1.165, 1.54) is 11.3 Å². The molecule has 0 aliphatic heterocycles. The number of nitrogens with zero attached hydrogens (tertiary/aromatic N) is 2. The van der Waals surface area contributed by atoms with Gasteiger partial charge >= 0.3 is 0 Å². The van der Waals surface area contributed by atoms with Gasteiger partial charge in [-0.1, -0.05) is 65.2 Å². The Morgan fingerprint density at radius 1 is 0.912 bits per heavy atom. The molecule has 168 valence electrons. The normalized spacial score (nSPS) is 11.1. The number of carbonyl (C=O) groups excluding carboxylic acids is 1. The van der Waals surface area contributed by atoms with E-state index in [0.29, 0.717) is 20.7 Å². The molecule has 0 bridgehead atoms. The van der Waals surface area contributed by atoms with E-state index in [2.05, 4.69) is 16.4 Å². The first-order valence-corrected chi connectivity index (χ1v) is 12.2. The Morgan fingerprint density at radius 2 is 1.74 bits per heavy atom. The van der Waals surface area contributed by atoms with Gasteiger partial charge in [0.1, 0.15) is 0 Å². The van der Waals surface area contributed by atoms with E-state index in [0.717, 1.165) is 43.9 Å². The Morgan fingerprint density at radius 3 is 2.53 bits per heavy atom. The second-order valence-corrected chi connectivity index (χ2v) is 9.99. The fourth-order valence-corrected chi connectivity index (χ4v) is 5.18. The van der Waals surface area contributed by atoms with Crippen molar-refractivity contribution in [3.63, 3.8) is 0 Å². The number of anilines is 1. The summed E-state index contributed by atoms with van der Waals surface area (Å²) in [5.74, 6) is -0.241. The maximum absolute atomic E-state index is 13.4. The zero-order chi connectivity index (χ0) is 23.8. The molecule has 3 aromatic carbocycles. The molecule has 0 fully saturated rings. The maximum Gasteiger partial charge on any atom is 0.258 e. The largest absolute Gasteiger partial charge is 0.298 e. The van der Waals surface area contributed by atoms with Crippen LogP contribution in [0.2, 0.25) is 10.0 Å². The first kappa shape index (κ1) is 22.5. The van der Waals surface area contributed by atoms with Crippen molar-refractivity contribution in [2.24, 2.45) is 0 Å². The van der Waals surface area contributed by atoms with Crippen molar-refractivity contribution in [1.82, 2.24) is 9.97 Å². The molecule has 0 aliphatic rings. The molecule has 7 heteroatoms. The third-order valence-corrected chi connectivity index (χ3v) is 6.91. The summed E-state index contributed by atoms with van der Waals surface area (Å²) in [6.07, 6.45) is 0. The van der Waals surface area contributed by atoms with Crippen LogP contribution in [0.3, 0.4) is 0 Å². The first-order valence-electron chi connectivity index (χ1n) is 10.6. The molecule has 0 unspecified atom stereocenters. The van der Waals surface area contributed by atoms with Gasteiger partial charge in [0.05, 0.1) is 27.5 Å². The van der Waals surface area contributed by atoms with Gasteiger partial charge < -0.3 is 0 Å². The molecule has 0 aliphatic carbocycles. The molecule has 0 saturated heterocycles. The second-order valence-electron chi connectivity index (χ2n) is 7.94. The minimum Gasteiger partial charge on any atom is -0.298 e. The van der Waals surface area contributed by atoms with Crippen LogP contribution in [0, 0.1) is 13.8 Å². The van der Waals surface area contributed by atoms with Crippen LogP contribution in [-0.4, -0.2) is 15.9 Å². The number of hydrogen-bond donors (Lipinski definition) is 1. The Bertz CT molecular complexity index is 1560. The topological polar surface area (TPSA) is 54.9 Å². The van der Waals surface area contributed by atoms with Gasteiger partial charge in [0.15, 0.2) is 5.13 Å². The van der Waals surface area contributed by atoms with Crippen molar-refractivity contribution in [1.29, 1.82) is 0 Å². The fourth-order valence-electron chi connectivity index (χ4n) is 3.86. The van der Waals surface area contributed by atoms with E-state index >= 15 is 0 Å². The van der Waals surface area contributed by atoms with Crippen molar-refractivity contribution >= 4 is 56.5 Å². The maximum atomic E-state index is 13.4. The van der Waals surface area contributed by atoms with Crippen LogP contribution in [0.5, 0.6) is 0 Å². The van der Waals surface area contributed by atoms with Gasteiger partial charge in [-0.05, 0) is 50.2 Å². The van der Waals surface area contributed by atoms with Gasteiger partial charge in [-0.15, -0.1) is 11.3 Å². The lowest BCUT2D eigenvalue weighted by Gasteiger charge is -2.10. The number of thiazole rings is 1. The molecule has 0 spiro atoms. The highest BCUT2D eigenvalue weighted by atomic mass is 35.5. The van der Waals surface area contributed by atoms with E-state index in [-0.39, 0.29) is 5.91 Å². The van der Waals surface area contributed by atoms with E-state index in [1.807, 2.05) is 68.4 Å². The zero-order valence-corrected chi connectivity index (χ0v) is 20.7. The third kappa shape index (κ3) is 4.42. The number of halogens is 2. The number of benzene rings is 3. The lowest BCUT2D eigenvalue weighted by molar-refractivity contribution is 0.102. The molecular weight excluding hydrogens is 485 g/mol. The van der Waals surface area contributed by atoms with Crippen LogP contribution >= 0.6 is 34.5 Å². The number of amides is 1. The van der Waals surface area contributed by atoms with Crippen molar-refractivity contribution < 1.29 is 4.79 Å². The first-order chi connectivity index (χ1) is 16.4. The summed E-state index contributed by atoms with van der Waals surface area (Å²) in [6, 6.07) is 22.9. The molecule has 2 heterocycles. The zero-order valence-electron chi connectivity index (χ0n) is 18.4. The van der Waals surface area contributed by atoms with Crippen LogP contribution in [0.15, 0.2) is 72.8 Å². The highest BCUT2D eigenvalue weighted by Crippen LogP contribution is 2.36. The number of pyridine rings is 1. The number of hydrogen-bond acceptors (Lipinski definition) is 4. The molecule has 1 amide bonds. The lowest BCUT2D eigenvalue weighted by Crippen LogP contribution is -2.13. The van der Waals surface area contributed by atoms with Crippen LogP contribution in [0.25, 0.3) is 33.4 Å². The molecular formula is C27H19Cl2N3OS. The fraction of sp³-hybridized carbons (Fsp3) is 0.0741. The Labute approximate surface area is 211 Å². The highest BCUT2D eigenvalue weighted by Gasteiger charge is 2.18. The highest BCUT2D eigenvalue weighted by molar-refractivity contribution is 7.16. The van der Waals surface area contributed by atoms with Gasteiger partial charge in [-0.2, -0.15) is 0 Å². The number of aryl methyl sites for hydroxylation is 2. The Kier molecular flexibility index (Phi) is 6.09. The predicted octanol–water partition coefficient (Wildman–Crippen LogP) is 8.20. The number of para-hydroxylation sites is 1. The summed E-state index contributed by atoms with van der Waals surface area (Å²) in [4.78, 5) is 23.8. The summed E-state index contributed by atoms with van der Waals surface area (Å²) >= 11 is 13.8. The number of aromatic nitrogens is 2. The van der Waals surface area contributed by atoms with Gasteiger partial charge in [-0.25, -0.2) is 9.97 Å². The second kappa shape index (κ2) is 9.18. The molecule has 5 rings (SSSR count). The molecule has 2 aromatic heterocycles. The minimum absolute atomic E-state index is 0.241. The van der Waals surface area contributed by atoms with E-state index in [4.69, 9.17) is 28.2 Å². The predicted molar refractivity (Wildman–Crippen MR) is 142 cm³/mol. The SMILES string of the molecule is Cc1cccc(-c2cc(C(=O)Nc3nc(-c4ccc(Cl)cc4Cl)c(C)s3)c3ccccc3n2)c1. The molecule has 4 nitrogen and oxygen atoms in total. The third-order valence-electron chi connectivity index (χ3n) is 5.48. The van der Waals surface area contributed by atoms with Crippen molar-refractivity contribution in [3.8, 4) is 22.5 Å². The number of rotatable bonds is 4. The summed E-state index contributed by atoms with van der Waals surface area (Å²) < 4.78 is 0. The summed E-state index contributed by atoms with van der Waals surface area (Å²) in [5.41, 5.74) is 5.64. The van der Waals surface area contributed by atoms with Gasteiger partial charge in [0, 0.05) is 26.4 Å². The lowest BCUT2D eigenvalue weighted by atomic mass is 10.0. The van der Waals surface area contributed by atoms with Crippen LogP contribution in [-0.2, 0) is 0 Å². The van der Waals surface area contributed by atoms with Gasteiger partial charge in [-0.3, -0.25) is 10.1 Å². The standard InChI is InChI=1S/C27H19Cl2N3OS/c1-15-6-5-7-17(12-15)24-14-21(19-8-3-4-9-23(19)30-24)26(33)32-27-31-25(16(2)34-27)20-11-10-18(28)13-22(20)29/h3-14H,1-2H3,(H,31,32,33). The molecule has 0 atom stereocenters. The van der Waals surface area contributed by atoms with Crippen LogP contribution < -0.4 is 5.32 Å². The number of carbonyl (C=O) groups is 1. The smallest absolute Gasteiger partial charge is 0.258 e. The molecule has 34 heavy (non-hydrogen) atoms. The van der Waals surface area contributed by atoms with Crippen LogP contribution in [0.4, 0.5) is 5.13 Å². The van der Waals surface area contributed by atoms with Crippen molar-refractivity contribution in [2.45, 2.75) is 13.8 Å². The Hall–Kier alpha value is -3.25. The average Bonchev–Trinajstić information content (AvgIpc) is 3.17. The quantitative estimate of drug-likeness (QED) is 0.268. The van der Waals surface area contributed by atoms with Crippen LogP contribution in [0.1, 0.15) is 20.8 Å². The molecule has 0 saturated carbocycles. The van der Waals surface area contributed by atoms with E-state index < -0.39 is 0 Å². The van der Waals surface area contributed by atoms with Crippen molar-refractivity contribution in [2.75, 3.05) is 5.32 Å². The van der Waals surface area contributed by atoms with E-state index in [9.17, 15) is 4.79 Å². The summed E-state index contributed by atoms with van der Waals surface area (Å²) in [7, 11) is 0. The minimum atomic E-state index is -0.241. The summed E-state index contributed by atoms with van der Waals surface area (Å²) in [6.45, 7) is 3.98. The molecule has 5 aromatic rings. The number of nitrogens with one attached hydrogen (secondary N) is 1. The Balaban J connectivity index is 1.53.